The predicted molar refractivity (Wildman–Crippen MR) is 84.0 cm³/mol. The van der Waals surface area contributed by atoms with Crippen molar-refractivity contribution in [3.63, 3.8) is 0 Å². The van der Waals surface area contributed by atoms with Crippen LogP contribution in [0.4, 0.5) is 4.39 Å². The molecule has 0 N–H and O–H groups in total. The van der Waals surface area contributed by atoms with Crippen molar-refractivity contribution in [2.75, 3.05) is 0 Å². The summed E-state index contributed by atoms with van der Waals surface area (Å²) < 4.78 is 19.8. The maximum Gasteiger partial charge on any atom is 0.124 e. The van der Waals surface area contributed by atoms with Crippen molar-refractivity contribution in [3.8, 4) is 5.75 Å². The van der Waals surface area contributed by atoms with E-state index in [0.717, 1.165) is 21.3 Å². The lowest BCUT2D eigenvalue weighted by Crippen LogP contribution is -2.00. The van der Waals surface area contributed by atoms with Crippen LogP contribution in [0.3, 0.4) is 0 Å². The Hall–Kier alpha value is -1.06. The minimum Gasteiger partial charge on any atom is -0.489 e. The summed E-state index contributed by atoms with van der Waals surface area (Å²) in [5, 5.41) is 0.383. The highest BCUT2D eigenvalue weighted by atomic mass is 79.9. The Morgan fingerprint density at radius 2 is 1.95 bits per heavy atom. The van der Waals surface area contributed by atoms with Gasteiger partial charge in [0.15, 0.2) is 0 Å². The normalized spacial score (nSPS) is 10.9. The molecule has 0 atom stereocenters. The first-order valence-corrected chi connectivity index (χ1v) is 7.50. The molecule has 20 heavy (non-hydrogen) atoms. The first-order chi connectivity index (χ1) is 9.47. The van der Waals surface area contributed by atoms with Crippen LogP contribution in [0.15, 0.2) is 40.9 Å². The summed E-state index contributed by atoms with van der Waals surface area (Å²) in [4.78, 5) is 0. The highest BCUT2D eigenvalue weighted by Gasteiger charge is 2.10. The van der Waals surface area contributed by atoms with E-state index in [1.807, 2.05) is 18.2 Å². The zero-order valence-corrected chi connectivity index (χ0v) is 13.6. The van der Waals surface area contributed by atoms with Crippen LogP contribution in [0.5, 0.6) is 5.75 Å². The third kappa shape index (κ3) is 3.74. The summed E-state index contributed by atoms with van der Waals surface area (Å²) in [5.41, 5.74) is 1.89. The van der Waals surface area contributed by atoms with Crippen LogP contribution in [0.25, 0.3) is 0 Å². The van der Waals surface area contributed by atoms with Crippen molar-refractivity contribution in [3.05, 3.63) is 62.8 Å². The van der Waals surface area contributed by atoms with Crippen LogP contribution in [-0.4, -0.2) is 0 Å². The Labute approximate surface area is 131 Å². The third-order valence-electron chi connectivity index (χ3n) is 2.99. The van der Waals surface area contributed by atoms with E-state index in [1.54, 1.807) is 6.07 Å². The van der Waals surface area contributed by atoms with Gasteiger partial charge in [0.25, 0.3) is 0 Å². The summed E-state index contributed by atoms with van der Waals surface area (Å²) in [6, 6.07) is 10.2. The van der Waals surface area contributed by atoms with E-state index >= 15 is 0 Å². The molecule has 2 rings (SSSR count). The molecule has 1 nitrogen and oxygen atoms in total. The van der Waals surface area contributed by atoms with Gasteiger partial charge in [0.2, 0.25) is 0 Å². The van der Waals surface area contributed by atoms with Crippen LogP contribution in [0, 0.1) is 5.82 Å². The molecule has 4 heteroatoms. The van der Waals surface area contributed by atoms with Gasteiger partial charge in [0.1, 0.15) is 18.2 Å². The van der Waals surface area contributed by atoms with E-state index in [0.29, 0.717) is 17.5 Å². The van der Waals surface area contributed by atoms with Crippen LogP contribution >= 0.6 is 27.5 Å². The first kappa shape index (κ1) is 15.3. The quantitative estimate of drug-likeness (QED) is 0.657. The molecule has 0 aliphatic rings. The van der Waals surface area contributed by atoms with Crippen LogP contribution < -0.4 is 4.74 Å². The second-order valence-corrected chi connectivity index (χ2v) is 6.18. The zero-order chi connectivity index (χ0) is 14.7. The van der Waals surface area contributed by atoms with Gasteiger partial charge in [-0.05, 0) is 41.8 Å². The highest BCUT2D eigenvalue weighted by Crippen LogP contribution is 2.30. The average molecular weight is 358 g/mol. The molecule has 0 saturated heterocycles. The van der Waals surface area contributed by atoms with Gasteiger partial charge in [-0.25, -0.2) is 4.39 Å². The molecule has 0 aromatic heterocycles. The Morgan fingerprint density at radius 3 is 2.60 bits per heavy atom. The Bertz CT molecular complexity index is 613. The largest absolute Gasteiger partial charge is 0.489 e. The van der Waals surface area contributed by atoms with Crippen molar-refractivity contribution in [2.24, 2.45) is 0 Å². The molecule has 2 aromatic rings. The highest BCUT2D eigenvalue weighted by molar-refractivity contribution is 9.10. The Balaban J connectivity index is 2.18. The number of halogens is 3. The SMILES string of the molecule is CC(C)c1cc(Br)ccc1OCc1ccc(F)cc1Cl. The standard InChI is InChI=1S/C16H15BrClFO/c1-10(2)14-7-12(17)4-6-16(14)20-9-11-3-5-13(19)8-15(11)18/h3-8,10H,9H2,1-2H3. The summed E-state index contributed by atoms with van der Waals surface area (Å²) >= 11 is 9.46. The molecule has 0 amide bonds. The molecule has 0 bridgehead atoms. The number of rotatable bonds is 4. The van der Waals surface area contributed by atoms with Gasteiger partial charge in [0, 0.05) is 10.0 Å². The van der Waals surface area contributed by atoms with E-state index in [4.69, 9.17) is 16.3 Å². The third-order valence-corrected chi connectivity index (χ3v) is 3.84. The maximum atomic E-state index is 13.0. The predicted octanol–water partition coefficient (Wildman–Crippen LogP) is 5.94. The molecule has 0 heterocycles. The summed E-state index contributed by atoms with van der Waals surface area (Å²) in [5.74, 6) is 0.833. The summed E-state index contributed by atoms with van der Waals surface area (Å²) in [6.07, 6.45) is 0. The Morgan fingerprint density at radius 1 is 1.20 bits per heavy atom. The number of ether oxygens (including phenoxy) is 1. The van der Waals surface area contributed by atoms with Gasteiger partial charge >= 0.3 is 0 Å². The van der Waals surface area contributed by atoms with Crippen molar-refractivity contribution < 1.29 is 9.13 Å². The minimum atomic E-state index is -0.342. The van der Waals surface area contributed by atoms with Crippen molar-refractivity contribution in [2.45, 2.75) is 26.4 Å². The molecule has 0 fully saturated rings. The van der Waals surface area contributed by atoms with E-state index in [9.17, 15) is 4.39 Å². The molecule has 0 saturated carbocycles. The van der Waals surface area contributed by atoms with Crippen LogP contribution in [0.1, 0.15) is 30.9 Å². The molecule has 0 aliphatic carbocycles. The number of hydrogen-bond donors (Lipinski definition) is 0. The average Bonchev–Trinajstić information content (AvgIpc) is 2.38. The van der Waals surface area contributed by atoms with Gasteiger partial charge in [0.05, 0.1) is 5.02 Å². The molecule has 0 aliphatic heterocycles. The second kappa shape index (κ2) is 6.59. The van der Waals surface area contributed by atoms with E-state index in [-0.39, 0.29) is 5.82 Å². The van der Waals surface area contributed by atoms with Crippen molar-refractivity contribution >= 4 is 27.5 Å². The maximum absolute atomic E-state index is 13.0. The fraction of sp³-hybridized carbons (Fsp3) is 0.250. The van der Waals surface area contributed by atoms with E-state index in [1.165, 1.54) is 12.1 Å². The molecule has 2 aromatic carbocycles. The molecule has 106 valence electrons. The monoisotopic (exact) mass is 356 g/mol. The van der Waals surface area contributed by atoms with Gasteiger partial charge in [-0.15, -0.1) is 0 Å². The zero-order valence-electron chi connectivity index (χ0n) is 11.3. The smallest absolute Gasteiger partial charge is 0.124 e. The van der Waals surface area contributed by atoms with E-state index in [2.05, 4.69) is 29.8 Å². The lowest BCUT2D eigenvalue weighted by molar-refractivity contribution is 0.301. The van der Waals surface area contributed by atoms with Crippen LogP contribution in [0.2, 0.25) is 5.02 Å². The lowest BCUT2D eigenvalue weighted by atomic mass is 10.0. The van der Waals surface area contributed by atoms with Crippen LogP contribution in [-0.2, 0) is 6.61 Å². The molecular formula is C16H15BrClFO. The molecule has 0 radical (unpaired) electrons. The first-order valence-electron chi connectivity index (χ1n) is 6.33. The fourth-order valence-electron chi connectivity index (χ4n) is 1.90. The number of benzene rings is 2. The topological polar surface area (TPSA) is 9.23 Å². The summed E-state index contributed by atoms with van der Waals surface area (Å²) in [7, 11) is 0. The molecule has 0 unspecified atom stereocenters. The summed E-state index contributed by atoms with van der Waals surface area (Å²) in [6.45, 7) is 4.54. The Kier molecular flexibility index (Phi) is 5.06. The lowest BCUT2D eigenvalue weighted by Gasteiger charge is -2.15. The van der Waals surface area contributed by atoms with Gasteiger partial charge in [-0.1, -0.05) is 47.4 Å². The fourth-order valence-corrected chi connectivity index (χ4v) is 2.50. The number of hydrogen-bond acceptors (Lipinski definition) is 1. The minimum absolute atomic E-state index is 0.320. The van der Waals surface area contributed by atoms with Gasteiger partial charge < -0.3 is 4.74 Å². The molecule has 0 spiro atoms. The second-order valence-electron chi connectivity index (χ2n) is 4.86. The molecular weight excluding hydrogens is 343 g/mol. The van der Waals surface area contributed by atoms with E-state index < -0.39 is 0 Å². The van der Waals surface area contributed by atoms with Crippen molar-refractivity contribution in [1.82, 2.24) is 0 Å². The van der Waals surface area contributed by atoms with Gasteiger partial charge in [-0.3, -0.25) is 0 Å². The van der Waals surface area contributed by atoms with Gasteiger partial charge in [-0.2, -0.15) is 0 Å². The van der Waals surface area contributed by atoms with Crippen molar-refractivity contribution in [1.29, 1.82) is 0 Å².